The summed E-state index contributed by atoms with van der Waals surface area (Å²) in [5.74, 6) is -1.11. The molecule has 1 atom stereocenters. The summed E-state index contributed by atoms with van der Waals surface area (Å²) in [4.78, 5) is 25.3. The topological polar surface area (TPSA) is 80.6 Å². The van der Waals surface area contributed by atoms with Gasteiger partial charge in [-0.25, -0.2) is 9.18 Å². The van der Waals surface area contributed by atoms with E-state index in [0.717, 1.165) is 16.6 Å². The van der Waals surface area contributed by atoms with Crippen LogP contribution in [0.3, 0.4) is 0 Å². The minimum Gasteiger partial charge on any atom is -0.492 e. The lowest BCUT2D eigenvalue weighted by Crippen LogP contribution is -2.32. The average molecular weight is 573 g/mol. The maximum atomic E-state index is 13.3. The van der Waals surface area contributed by atoms with Crippen molar-refractivity contribution in [3.05, 3.63) is 144 Å². The fourth-order valence-corrected chi connectivity index (χ4v) is 5.41. The van der Waals surface area contributed by atoms with Gasteiger partial charge in [-0.3, -0.25) is 4.79 Å². The number of carbonyl (C=O) groups excluding carboxylic acids is 1. The minimum atomic E-state index is -1.05. The number of fused-ring (bicyclic) bond motifs is 3. The number of halogens is 1. The summed E-state index contributed by atoms with van der Waals surface area (Å²) < 4.78 is 21.7. The molecule has 0 spiro atoms. The fourth-order valence-electron chi connectivity index (χ4n) is 5.41. The summed E-state index contributed by atoms with van der Waals surface area (Å²) in [6.45, 7) is 1.15. The third-order valence-corrected chi connectivity index (χ3v) is 7.53. The molecular weight excluding hydrogens is 543 g/mol. The van der Waals surface area contributed by atoms with Gasteiger partial charge in [0.2, 0.25) is 0 Å². The number of carboxylic acid groups (broad SMARTS) is 1. The van der Waals surface area contributed by atoms with Crippen LogP contribution in [0.2, 0.25) is 0 Å². The molecule has 0 bridgehead atoms. The van der Waals surface area contributed by atoms with Crippen LogP contribution in [0.25, 0.3) is 21.8 Å². The third-order valence-electron chi connectivity index (χ3n) is 7.53. The molecule has 214 valence electrons. The van der Waals surface area contributed by atoms with Crippen LogP contribution in [0.1, 0.15) is 21.5 Å². The smallest absolute Gasteiger partial charge is 0.326 e. The van der Waals surface area contributed by atoms with Crippen molar-refractivity contribution in [3.63, 3.8) is 0 Å². The lowest BCUT2D eigenvalue weighted by Gasteiger charge is -2.18. The molecule has 6 rings (SSSR count). The lowest BCUT2D eigenvalue weighted by atomic mass is 10.00. The number of anilines is 1. The summed E-state index contributed by atoms with van der Waals surface area (Å²) in [6.07, 6.45) is 0.191. The summed E-state index contributed by atoms with van der Waals surface area (Å²) >= 11 is 0. The zero-order chi connectivity index (χ0) is 29.8. The van der Waals surface area contributed by atoms with E-state index in [1.54, 1.807) is 24.3 Å². The Kier molecular flexibility index (Phi) is 7.87. The van der Waals surface area contributed by atoms with E-state index in [9.17, 15) is 19.1 Å². The Balaban J connectivity index is 1.11. The SMILES string of the molecule is O=C(c1ccc(F)cc1)c1ccccc1N[C@H](Cc1ccc(OCCn2c3ccccc3c3ccccc32)cc1)C(=O)O. The molecule has 0 saturated heterocycles. The molecule has 5 aromatic carbocycles. The maximum Gasteiger partial charge on any atom is 0.326 e. The monoisotopic (exact) mass is 572 g/mol. The standard InChI is InChI=1S/C36H29FN2O4/c37-26-17-15-25(16-18-26)35(40)30-9-1-4-10-31(30)38-32(36(41)42)23-24-13-19-27(20-14-24)43-22-21-39-33-11-5-2-7-28(33)29-8-3-6-12-34(29)39/h1-20,32,38H,21-23H2,(H,41,42)/t32-/m1/s1. The molecule has 0 unspecified atom stereocenters. The second-order valence-electron chi connectivity index (χ2n) is 10.3. The molecular formula is C36H29FN2O4. The van der Waals surface area contributed by atoms with Gasteiger partial charge in [0.25, 0.3) is 0 Å². The third kappa shape index (κ3) is 5.97. The number of aliphatic carboxylic acids is 1. The molecule has 0 amide bonds. The van der Waals surface area contributed by atoms with Crippen LogP contribution in [0.4, 0.5) is 10.1 Å². The molecule has 6 nitrogen and oxygen atoms in total. The van der Waals surface area contributed by atoms with Crippen molar-refractivity contribution in [1.82, 2.24) is 4.57 Å². The number of carbonyl (C=O) groups is 2. The van der Waals surface area contributed by atoms with E-state index in [4.69, 9.17) is 4.74 Å². The van der Waals surface area contributed by atoms with Gasteiger partial charge < -0.3 is 19.7 Å². The van der Waals surface area contributed by atoms with Crippen molar-refractivity contribution in [1.29, 1.82) is 0 Å². The highest BCUT2D eigenvalue weighted by Gasteiger charge is 2.21. The number of hydrogen-bond acceptors (Lipinski definition) is 4. The van der Waals surface area contributed by atoms with Crippen LogP contribution in [0.5, 0.6) is 5.75 Å². The van der Waals surface area contributed by atoms with Crippen molar-refractivity contribution in [2.24, 2.45) is 0 Å². The van der Waals surface area contributed by atoms with E-state index < -0.39 is 17.8 Å². The molecule has 0 saturated carbocycles. The fraction of sp³-hybridized carbons (Fsp3) is 0.111. The first kappa shape index (κ1) is 27.7. The van der Waals surface area contributed by atoms with Gasteiger partial charge in [0.05, 0.1) is 6.54 Å². The van der Waals surface area contributed by atoms with Crippen LogP contribution in [-0.4, -0.2) is 34.1 Å². The van der Waals surface area contributed by atoms with Gasteiger partial charge in [0.15, 0.2) is 5.78 Å². The largest absolute Gasteiger partial charge is 0.492 e. The molecule has 2 N–H and O–H groups in total. The van der Waals surface area contributed by atoms with E-state index >= 15 is 0 Å². The van der Waals surface area contributed by atoms with Gasteiger partial charge in [0.1, 0.15) is 24.2 Å². The van der Waals surface area contributed by atoms with E-state index in [2.05, 4.69) is 34.1 Å². The Bertz CT molecular complexity index is 1860. The van der Waals surface area contributed by atoms with Gasteiger partial charge in [0, 0.05) is 45.0 Å². The summed E-state index contributed by atoms with van der Waals surface area (Å²) in [6, 6.07) is 35.1. The van der Waals surface area contributed by atoms with Gasteiger partial charge in [-0.15, -0.1) is 0 Å². The van der Waals surface area contributed by atoms with E-state index in [0.29, 0.717) is 35.7 Å². The number of nitrogens with zero attached hydrogens (tertiary/aromatic N) is 1. The van der Waals surface area contributed by atoms with Gasteiger partial charge >= 0.3 is 5.97 Å². The molecule has 43 heavy (non-hydrogen) atoms. The van der Waals surface area contributed by atoms with Gasteiger partial charge in [-0.05, 0) is 66.2 Å². The second-order valence-corrected chi connectivity index (χ2v) is 10.3. The van der Waals surface area contributed by atoms with Crippen molar-refractivity contribution in [3.8, 4) is 5.75 Å². The normalized spacial score (nSPS) is 11.8. The number of hydrogen-bond donors (Lipinski definition) is 2. The van der Waals surface area contributed by atoms with Crippen LogP contribution in [0, 0.1) is 5.82 Å². The summed E-state index contributed by atoms with van der Waals surface area (Å²) in [7, 11) is 0. The minimum absolute atomic E-state index is 0.191. The van der Waals surface area contributed by atoms with Gasteiger partial charge in [-0.2, -0.15) is 0 Å². The van der Waals surface area contributed by atoms with Crippen LogP contribution in [0.15, 0.2) is 121 Å². The van der Waals surface area contributed by atoms with Crippen molar-refractivity contribution in [2.45, 2.75) is 19.0 Å². The Morgan fingerprint density at radius 3 is 2.02 bits per heavy atom. The zero-order valence-electron chi connectivity index (χ0n) is 23.2. The Labute approximate surface area is 248 Å². The average Bonchev–Trinajstić information content (AvgIpc) is 3.35. The summed E-state index contributed by atoms with van der Waals surface area (Å²) in [5.41, 5.74) is 4.15. The number of ketones is 1. The van der Waals surface area contributed by atoms with E-state index in [1.807, 2.05) is 48.5 Å². The van der Waals surface area contributed by atoms with Crippen LogP contribution in [-0.2, 0) is 17.8 Å². The number of carboxylic acids is 1. The lowest BCUT2D eigenvalue weighted by molar-refractivity contribution is -0.137. The predicted octanol–water partition coefficient (Wildman–Crippen LogP) is 7.35. The first-order valence-corrected chi connectivity index (χ1v) is 14.0. The van der Waals surface area contributed by atoms with E-state index in [1.165, 1.54) is 35.0 Å². The molecule has 1 aromatic heterocycles. The predicted molar refractivity (Wildman–Crippen MR) is 166 cm³/mol. The Morgan fingerprint density at radius 2 is 1.37 bits per heavy atom. The van der Waals surface area contributed by atoms with Gasteiger partial charge in [-0.1, -0.05) is 60.7 Å². The molecule has 1 heterocycles. The molecule has 0 aliphatic carbocycles. The molecule has 7 heteroatoms. The molecule has 0 aliphatic rings. The van der Waals surface area contributed by atoms with E-state index in [-0.39, 0.29) is 12.2 Å². The van der Waals surface area contributed by atoms with Crippen LogP contribution < -0.4 is 10.1 Å². The molecule has 0 aliphatic heterocycles. The second kappa shape index (κ2) is 12.2. The number of ether oxygens (including phenoxy) is 1. The van der Waals surface area contributed by atoms with Crippen molar-refractivity contribution >= 4 is 39.2 Å². The zero-order valence-corrected chi connectivity index (χ0v) is 23.2. The highest BCUT2D eigenvalue weighted by Crippen LogP contribution is 2.29. The van der Waals surface area contributed by atoms with Crippen LogP contribution >= 0.6 is 0 Å². The Morgan fingerprint density at radius 1 is 0.767 bits per heavy atom. The number of benzene rings is 5. The summed E-state index contributed by atoms with van der Waals surface area (Å²) in [5, 5.41) is 15.4. The Hall–Kier alpha value is -5.43. The molecule has 0 fully saturated rings. The number of aromatic nitrogens is 1. The molecule has 6 aromatic rings. The number of para-hydroxylation sites is 3. The maximum absolute atomic E-state index is 13.3. The number of nitrogens with one attached hydrogen (secondary N) is 1. The highest BCUT2D eigenvalue weighted by atomic mass is 19.1. The quantitative estimate of drug-likeness (QED) is 0.159. The molecule has 0 radical (unpaired) electrons. The van der Waals surface area contributed by atoms with Crippen molar-refractivity contribution in [2.75, 3.05) is 11.9 Å². The van der Waals surface area contributed by atoms with Crippen molar-refractivity contribution < 1.29 is 23.8 Å². The highest BCUT2D eigenvalue weighted by molar-refractivity contribution is 6.12. The number of rotatable bonds is 11. The first-order valence-electron chi connectivity index (χ1n) is 14.0. The first-order chi connectivity index (χ1) is 21.0.